The molecule has 0 fully saturated rings. The van der Waals surface area contributed by atoms with Gasteiger partial charge in [0.1, 0.15) is 38.5 Å². The van der Waals surface area contributed by atoms with Crippen molar-refractivity contribution in [3.05, 3.63) is 206 Å². The zero-order valence-corrected chi connectivity index (χ0v) is 37.4. The van der Waals surface area contributed by atoms with Crippen molar-refractivity contribution >= 4 is 44.0 Å². The van der Waals surface area contributed by atoms with Crippen LogP contribution in [0.2, 0.25) is 0 Å². The SMILES string of the molecule is Oc1ccccc1-c1nc2ccccc2o1.Oc1ccccc1-c1nc2ccccc2s1.Oc1ccccc1-c1nnc(-c2ccccc2)o1.Oc1ccccc1-c1nnc(-c2ccccc2)s1. The first-order chi connectivity index (χ1) is 33.4. The molecule has 0 atom stereocenters. The number of hydrogen-bond donors (Lipinski definition) is 4. The maximum absolute atomic E-state index is 9.78. The van der Waals surface area contributed by atoms with Crippen LogP contribution in [0.3, 0.4) is 0 Å². The Bertz CT molecular complexity index is 3260. The van der Waals surface area contributed by atoms with Crippen LogP contribution in [0.15, 0.2) is 215 Å². The minimum atomic E-state index is 0.126. The maximum Gasteiger partial charge on any atom is 0.251 e. The van der Waals surface area contributed by atoms with Crippen LogP contribution >= 0.6 is 22.7 Å². The predicted octanol–water partition coefficient (Wildman–Crippen LogP) is 13.6. The van der Waals surface area contributed by atoms with E-state index in [1.165, 1.54) is 11.3 Å². The minimum Gasteiger partial charge on any atom is -0.507 e. The molecule has 4 heterocycles. The molecule has 0 aliphatic carbocycles. The summed E-state index contributed by atoms with van der Waals surface area (Å²) in [5.41, 5.74) is 7.04. The number of rotatable bonds is 6. The van der Waals surface area contributed by atoms with Gasteiger partial charge < -0.3 is 29.3 Å². The van der Waals surface area contributed by atoms with E-state index in [1.54, 1.807) is 72.0 Å². The highest BCUT2D eigenvalue weighted by molar-refractivity contribution is 7.21. The van der Waals surface area contributed by atoms with E-state index < -0.39 is 0 Å². The zero-order chi connectivity index (χ0) is 46.7. The average Bonchev–Trinajstić information content (AvgIpc) is 4.23. The van der Waals surface area contributed by atoms with Crippen molar-refractivity contribution in [3.63, 3.8) is 0 Å². The van der Waals surface area contributed by atoms with Gasteiger partial charge in [0.15, 0.2) is 10.6 Å². The number of aromatic hydroxyl groups is 4. The molecule has 0 aliphatic heterocycles. The normalized spacial score (nSPS) is 10.6. The molecule has 0 bridgehead atoms. The van der Waals surface area contributed by atoms with Gasteiger partial charge in [-0.05, 0) is 84.9 Å². The quantitative estimate of drug-likeness (QED) is 0.124. The molecule has 0 radical (unpaired) electrons. The van der Waals surface area contributed by atoms with E-state index in [1.807, 2.05) is 146 Å². The van der Waals surface area contributed by atoms with Crippen LogP contribution in [0.5, 0.6) is 23.0 Å². The van der Waals surface area contributed by atoms with Crippen molar-refractivity contribution in [3.8, 4) is 89.1 Å². The second-order valence-corrected chi connectivity index (χ2v) is 16.6. The molecular weight excluding hydrogens is 893 g/mol. The van der Waals surface area contributed by atoms with E-state index in [-0.39, 0.29) is 23.0 Å². The van der Waals surface area contributed by atoms with Crippen LogP contribution < -0.4 is 0 Å². The Labute approximate surface area is 397 Å². The molecule has 0 amide bonds. The average molecular weight is 931 g/mol. The number of oxazole rings is 1. The lowest BCUT2D eigenvalue weighted by atomic mass is 10.2. The summed E-state index contributed by atoms with van der Waals surface area (Å²) in [5.74, 6) is 2.00. The molecule has 0 saturated heterocycles. The van der Waals surface area contributed by atoms with Crippen molar-refractivity contribution < 1.29 is 29.3 Å². The second kappa shape index (κ2) is 20.9. The fraction of sp³-hybridized carbons (Fsp3) is 0. The number of phenolic OH excluding ortho intramolecular Hbond substituents is 4. The summed E-state index contributed by atoms with van der Waals surface area (Å²) in [6.45, 7) is 0. The van der Waals surface area contributed by atoms with Gasteiger partial charge in [0.25, 0.3) is 5.89 Å². The monoisotopic (exact) mass is 930 g/mol. The molecule has 8 aromatic carbocycles. The lowest BCUT2D eigenvalue weighted by Gasteiger charge is -1.98. The van der Waals surface area contributed by atoms with Crippen LogP contribution in [-0.2, 0) is 0 Å². The third-order valence-electron chi connectivity index (χ3n) is 10.0. The van der Waals surface area contributed by atoms with Gasteiger partial charge in [-0.1, -0.05) is 133 Å². The van der Waals surface area contributed by atoms with Crippen molar-refractivity contribution in [2.24, 2.45) is 0 Å². The number of para-hydroxylation sites is 7. The Kier molecular flexibility index (Phi) is 13.6. The fourth-order valence-electron chi connectivity index (χ4n) is 6.65. The van der Waals surface area contributed by atoms with Gasteiger partial charge in [0.05, 0.1) is 32.5 Å². The first kappa shape index (κ1) is 44.2. The molecule has 4 N–H and O–H groups in total. The van der Waals surface area contributed by atoms with E-state index in [9.17, 15) is 20.4 Å². The number of hydrogen-bond acceptors (Lipinski definition) is 14. The van der Waals surface area contributed by atoms with E-state index in [4.69, 9.17) is 8.83 Å². The molecule has 4 aromatic heterocycles. The van der Waals surface area contributed by atoms with Gasteiger partial charge in [-0.3, -0.25) is 0 Å². The van der Waals surface area contributed by atoms with Gasteiger partial charge >= 0.3 is 0 Å². The molecule has 0 unspecified atom stereocenters. The lowest BCUT2D eigenvalue weighted by Crippen LogP contribution is -1.78. The first-order valence-electron chi connectivity index (χ1n) is 21.0. The van der Waals surface area contributed by atoms with Crippen LogP contribution in [0.1, 0.15) is 0 Å². The van der Waals surface area contributed by atoms with Gasteiger partial charge in [0.2, 0.25) is 11.8 Å². The predicted molar refractivity (Wildman–Crippen MR) is 267 cm³/mol. The first-order valence-corrected chi connectivity index (χ1v) is 22.6. The summed E-state index contributed by atoms with van der Waals surface area (Å²) in [6.07, 6.45) is 0. The maximum atomic E-state index is 9.78. The summed E-state index contributed by atoms with van der Waals surface area (Å²) in [4.78, 5) is 8.82. The largest absolute Gasteiger partial charge is 0.507 e. The number of aromatic nitrogens is 6. The number of nitrogens with zero attached hydrogens (tertiary/aromatic N) is 6. The summed E-state index contributed by atoms with van der Waals surface area (Å²) >= 11 is 3.06. The molecule has 332 valence electrons. The minimum absolute atomic E-state index is 0.126. The fourth-order valence-corrected chi connectivity index (χ4v) is 8.53. The Morgan fingerprint density at radius 1 is 0.309 bits per heavy atom. The molecule has 12 nitrogen and oxygen atoms in total. The van der Waals surface area contributed by atoms with Crippen LogP contribution in [-0.4, -0.2) is 50.8 Å². The Hall–Kier alpha value is -8.98. The molecule has 0 spiro atoms. The smallest absolute Gasteiger partial charge is 0.251 e. The summed E-state index contributed by atoms with van der Waals surface area (Å²) in [5, 5.41) is 57.6. The van der Waals surface area contributed by atoms with Crippen molar-refractivity contribution in [1.82, 2.24) is 30.4 Å². The van der Waals surface area contributed by atoms with Gasteiger partial charge in [-0.15, -0.1) is 31.7 Å². The molecule has 0 aliphatic rings. The molecule has 12 rings (SSSR count). The number of fused-ring (bicyclic) bond motifs is 2. The van der Waals surface area contributed by atoms with E-state index in [0.29, 0.717) is 28.8 Å². The van der Waals surface area contributed by atoms with E-state index in [0.717, 1.165) is 58.6 Å². The third kappa shape index (κ3) is 10.4. The zero-order valence-electron chi connectivity index (χ0n) is 35.7. The summed E-state index contributed by atoms with van der Waals surface area (Å²) in [7, 11) is 0. The van der Waals surface area contributed by atoms with Crippen molar-refractivity contribution in [2.75, 3.05) is 0 Å². The van der Waals surface area contributed by atoms with Crippen molar-refractivity contribution in [1.29, 1.82) is 0 Å². The summed E-state index contributed by atoms with van der Waals surface area (Å²) in [6, 6.07) is 63.2. The molecule has 12 aromatic rings. The third-order valence-corrected chi connectivity index (χ3v) is 12.1. The molecular formula is C54H38N6O6S2. The number of thiazole rings is 1. The highest BCUT2D eigenvalue weighted by Gasteiger charge is 2.15. The highest BCUT2D eigenvalue weighted by Crippen LogP contribution is 2.36. The molecule has 14 heteroatoms. The topological polar surface area (TPSA) is 185 Å². The van der Waals surface area contributed by atoms with Gasteiger partial charge in [-0.2, -0.15) is 0 Å². The van der Waals surface area contributed by atoms with Crippen LogP contribution in [0.4, 0.5) is 0 Å². The van der Waals surface area contributed by atoms with Crippen molar-refractivity contribution in [2.45, 2.75) is 0 Å². The second-order valence-electron chi connectivity index (χ2n) is 14.6. The Morgan fingerprint density at radius 2 is 0.765 bits per heavy atom. The van der Waals surface area contributed by atoms with Crippen LogP contribution in [0.25, 0.3) is 87.4 Å². The van der Waals surface area contributed by atoms with Gasteiger partial charge in [-0.25, -0.2) is 9.97 Å². The summed E-state index contributed by atoms with van der Waals surface area (Å²) < 4.78 is 12.3. The standard InChI is InChI=1S/C14H10N2O2.C14H10N2OS.C13H9NO2.C13H9NOS/c2*17-12-9-5-4-8-11(12)14-16-15-13(18-14)10-6-2-1-3-7-10;2*15-11-7-3-1-5-9(11)13-14-10-6-2-4-8-12(10)16-13/h2*1-9,17H;2*1-8,15H. The van der Waals surface area contributed by atoms with Gasteiger partial charge in [0, 0.05) is 11.1 Å². The van der Waals surface area contributed by atoms with Crippen LogP contribution in [0, 0.1) is 0 Å². The Balaban J connectivity index is 0.000000113. The number of phenols is 4. The van der Waals surface area contributed by atoms with E-state index >= 15 is 0 Å². The highest BCUT2D eigenvalue weighted by atomic mass is 32.1. The number of benzene rings is 8. The molecule has 68 heavy (non-hydrogen) atoms. The Morgan fingerprint density at radius 3 is 1.35 bits per heavy atom. The molecule has 0 saturated carbocycles. The lowest BCUT2D eigenvalue weighted by molar-refractivity contribution is 0.473. The van der Waals surface area contributed by atoms with E-state index in [2.05, 4.69) is 30.4 Å².